The molecule has 0 saturated heterocycles. The number of halogens is 2. The van der Waals surface area contributed by atoms with Gasteiger partial charge < -0.3 is 15.3 Å². The average Bonchev–Trinajstić information content (AvgIpc) is 2.77. The van der Waals surface area contributed by atoms with Crippen LogP contribution in [0.2, 0.25) is 0 Å². The third-order valence-corrected chi connectivity index (χ3v) is 3.66. The monoisotopic (exact) mass is 335 g/mol. The van der Waals surface area contributed by atoms with Crippen molar-refractivity contribution in [2.75, 3.05) is 5.32 Å². The SMILES string of the molecule is O=c1[nH]c2cc(Br)c(NCc3ccc(F)cc3)cc2[nH]1. The van der Waals surface area contributed by atoms with E-state index in [2.05, 4.69) is 31.2 Å². The maximum absolute atomic E-state index is 12.8. The molecule has 0 radical (unpaired) electrons. The molecule has 3 rings (SSSR count). The lowest BCUT2D eigenvalue weighted by molar-refractivity contribution is 0.627. The van der Waals surface area contributed by atoms with Gasteiger partial charge in [-0.15, -0.1) is 0 Å². The van der Waals surface area contributed by atoms with Crippen molar-refractivity contribution in [3.63, 3.8) is 0 Å². The van der Waals surface area contributed by atoms with Gasteiger partial charge in [-0.1, -0.05) is 12.1 Å². The Hall–Kier alpha value is -2.08. The number of aromatic amines is 2. The molecule has 20 heavy (non-hydrogen) atoms. The lowest BCUT2D eigenvalue weighted by atomic mass is 10.2. The van der Waals surface area contributed by atoms with Crippen molar-refractivity contribution >= 4 is 32.7 Å². The Kier molecular flexibility index (Phi) is 3.31. The highest BCUT2D eigenvalue weighted by Gasteiger charge is 2.05. The number of fused-ring (bicyclic) bond motifs is 1. The van der Waals surface area contributed by atoms with Crippen LogP contribution in [-0.4, -0.2) is 9.97 Å². The van der Waals surface area contributed by atoms with Crippen LogP contribution in [0.4, 0.5) is 10.1 Å². The van der Waals surface area contributed by atoms with Crippen LogP contribution in [0.5, 0.6) is 0 Å². The van der Waals surface area contributed by atoms with Gasteiger partial charge in [0.2, 0.25) is 0 Å². The second-order valence-corrected chi connectivity index (χ2v) is 5.29. The van der Waals surface area contributed by atoms with Crippen molar-refractivity contribution in [3.8, 4) is 0 Å². The molecule has 6 heteroatoms. The third kappa shape index (κ3) is 2.60. The van der Waals surface area contributed by atoms with Crippen molar-refractivity contribution in [1.82, 2.24) is 9.97 Å². The van der Waals surface area contributed by atoms with Gasteiger partial charge in [0.25, 0.3) is 0 Å². The minimum atomic E-state index is -0.249. The normalized spacial score (nSPS) is 10.9. The van der Waals surface area contributed by atoms with Gasteiger partial charge in [0, 0.05) is 11.0 Å². The van der Waals surface area contributed by atoms with Crippen LogP contribution in [0.25, 0.3) is 11.0 Å². The fourth-order valence-corrected chi connectivity index (χ4v) is 2.47. The molecule has 0 spiro atoms. The molecule has 1 aromatic heterocycles. The summed E-state index contributed by atoms with van der Waals surface area (Å²) in [6.07, 6.45) is 0. The number of hydrogen-bond acceptors (Lipinski definition) is 2. The van der Waals surface area contributed by atoms with E-state index in [1.54, 1.807) is 12.1 Å². The molecular weight excluding hydrogens is 325 g/mol. The van der Waals surface area contributed by atoms with Gasteiger partial charge >= 0.3 is 5.69 Å². The largest absolute Gasteiger partial charge is 0.380 e. The summed E-state index contributed by atoms with van der Waals surface area (Å²) in [7, 11) is 0. The molecule has 102 valence electrons. The summed E-state index contributed by atoms with van der Waals surface area (Å²) < 4.78 is 13.7. The zero-order valence-corrected chi connectivity index (χ0v) is 11.9. The van der Waals surface area contributed by atoms with Gasteiger partial charge in [-0.25, -0.2) is 9.18 Å². The first-order valence-electron chi connectivity index (χ1n) is 6.02. The van der Waals surface area contributed by atoms with Crippen molar-refractivity contribution in [1.29, 1.82) is 0 Å². The van der Waals surface area contributed by atoms with Crippen LogP contribution in [0.3, 0.4) is 0 Å². The van der Waals surface area contributed by atoms with Gasteiger partial charge in [0.1, 0.15) is 5.82 Å². The first-order valence-corrected chi connectivity index (χ1v) is 6.81. The van der Waals surface area contributed by atoms with Crippen LogP contribution in [0.15, 0.2) is 45.7 Å². The number of benzene rings is 2. The molecule has 0 unspecified atom stereocenters. The van der Waals surface area contributed by atoms with Crippen LogP contribution in [0.1, 0.15) is 5.56 Å². The number of aromatic nitrogens is 2. The molecule has 0 aliphatic rings. The molecule has 0 aliphatic carbocycles. The average molecular weight is 336 g/mol. The molecule has 3 N–H and O–H groups in total. The summed E-state index contributed by atoms with van der Waals surface area (Å²) in [6, 6.07) is 10.00. The molecule has 4 nitrogen and oxygen atoms in total. The molecule has 0 aliphatic heterocycles. The van der Waals surface area contributed by atoms with Crippen LogP contribution < -0.4 is 11.0 Å². The van der Waals surface area contributed by atoms with E-state index in [4.69, 9.17) is 0 Å². The highest BCUT2D eigenvalue weighted by molar-refractivity contribution is 9.10. The number of hydrogen-bond donors (Lipinski definition) is 3. The Balaban J connectivity index is 1.84. The molecule has 3 aromatic rings. The highest BCUT2D eigenvalue weighted by atomic mass is 79.9. The number of rotatable bonds is 3. The Morgan fingerprint density at radius 1 is 1.10 bits per heavy atom. The summed E-state index contributed by atoms with van der Waals surface area (Å²) >= 11 is 3.45. The Morgan fingerprint density at radius 2 is 1.75 bits per heavy atom. The van der Waals surface area contributed by atoms with E-state index < -0.39 is 0 Å². The molecular formula is C14H11BrFN3O. The first-order chi connectivity index (χ1) is 9.61. The van der Waals surface area contributed by atoms with Crippen LogP contribution >= 0.6 is 15.9 Å². The number of anilines is 1. The van der Waals surface area contributed by atoms with Crippen LogP contribution in [0, 0.1) is 5.82 Å². The van der Waals surface area contributed by atoms with Crippen molar-refractivity contribution in [3.05, 3.63) is 62.7 Å². The lowest BCUT2D eigenvalue weighted by Gasteiger charge is -2.09. The zero-order chi connectivity index (χ0) is 14.1. The predicted octanol–water partition coefficient (Wildman–Crippen LogP) is 3.37. The van der Waals surface area contributed by atoms with E-state index in [0.717, 1.165) is 26.8 Å². The molecule has 1 heterocycles. The smallest absolute Gasteiger partial charge is 0.323 e. The summed E-state index contributed by atoms with van der Waals surface area (Å²) in [5.41, 5.74) is 3.08. The maximum atomic E-state index is 12.8. The fourth-order valence-electron chi connectivity index (χ4n) is 1.99. The van der Waals surface area contributed by atoms with Gasteiger partial charge in [0.15, 0.2) is 0 Å². The predicted molar refractivity (Wildman–Crippen MR) is 80.3 cm³/mol. The number of imidazole rings is 1. The third-order valence-electron chi connectivity index (χ3n) is 3.00. The van der Waals surface area contributed by atoms with E-state index in [9.17, 15) is 9.18 Å². The van der Waals surface area contributed by atoms with Crippen molar-refractivity contribution in [2.45, 2.75) is 6.54 Å². The molecule has 0 bridgehead atoms. The van der Waals surface area contributed by atoms with Crippen LogP contribution in [-0.2, 0) is 6.54 Å². The van der Waals surface area contributed by atoms with E-state index in [-0.39, 0.29) is 11.5 Å². The van der Waals surface area contributed by atoms with Gasteiger partial charge in [-0.3, -0.25) is 0 Å². The van der Waals surface area contributed by atoms with Gasteiger partial charge in [0.05, 0.1) is 16.7 Å². The Labute approximate surface area is 122 Å². The topological polar surface area (TPSA) is 60.7 Å². The molecule has 0 saturated carbocycles. The quantitative estimate of drug-likeness (QED) is 0.687. The molecule has 0 amide bonds. The van der Waals surface area contributed by atoms with Gasteiger partial charge in [-0.05, 0) is 45.8 Å². The summed E-state index contributed by atoms with van der Waals surface area (Å²) in [4.78, 5) is 16.6. The molecule has 0 fully saturated rings. The van der Waals surface area contributed by atoms with E-state index in [0.29, 0.717) is 6.54 Å². The molecule has 0 atom stereocenters. The second kappa shape index (κ2) is 5.13. The highest BCUT2D eigenvalue weighted by Crippen LogP contribution is 2.26. The van der Waals surface area contributed by atoms with E-state index >= 15 is 0 Å². The number of H-pyrrole nitrogens is 2. The van der Waals surface area contributed by atoms with E-state index in [1.165, 1.54) is 12.1 Å². The van der Waals surface area contributed by atoms with Crippen molar-refractivity contribution in [2.24, 2.45) is 0 Å². The summed E-state index contributed by atoms with van der Waals surface area (Å²) in [6.45, 7) is 0.568. The maximum Gasteiger partial charge on any atom is 0.323 e. The fraction of sp³-hybridized carbons (Fsp3) is 0.0714. The zero-order valence-electron chi connectivity index (χ0n) is 10.3. The summed E-state index contributed by atoms with van der Waals surface area (Å²) in [5, 5.41) is 3.24. The van der Waals surface area contributed by atoms with Crippen molar-refractivity contribution < 1.29 is 4.39 Å². The molecule has 2 aromatic carbocycles. The lowest BCUT2D eigenvalue weighted by Crippen LogP contribution is -2.00. The minimum absolute atomic E-state index is 0.234. The summed E-state index contributed by atoms with van der Waals surface area (Å²) in [5.74, 6) is -0.249. The first kappa shape index (κ1) is 12.9. The standard InChI is InChI=1S/C14H11BrFN3O/c15-10-5-12-13(19-14(20)18-12)6-11(10)17-7-8-1-3-9(16)4-2-8/h1-6,17H,7H2,(H2,18,19,20). The van der Waals surface area contributed by atoms with E-state index in [1.807, 2.05) is 12.1 Å². The second-order valence-electron chi connectivity index (χ2n) is 4.44. The van der Waals surface area contributed by atoms with Gasteiger partial charge in [-0.2, -0.15) is 0 Å². The Bertz CT molecular complexity index is 807. The number of nitrogens with one attached hydrogen (secondary N) is 3. The Morgan fingerprint density at radius 3 is 2.45 bits per heavy atom. The minimum Gasteiger partial charge on any atom is -0.380 e.